The maximum Gasteiger partial charge on any atom is 0.192 e. The first-order valence-electron chi connectivity index (χ1n) is 8.25. The minimum absolute atomic E-state index is 0.196. The quantitative estimate of drug-likeness (QED) is 0.539. The molecule has 0 unspecified atom stereocenters. The summed E-state index contributed by atoms with van der Waals surface area (Å²) in [4.78, 5) is 11.1. The van der Waals surface area contributed by atoms with Crippen molar-refractivity contribution in [2.45, 2.75) is 30.5 Å². The van der Waals surface area contributed by atoms with Gasteiger partial charge in [0.15, 0.2) is 11.0 Å². The molecule has 0 spiro atoms. The topological polar surface area (TPSA) is 80.1 Å². The van der Waals surface area contributed by atoms with Gasteiger partial charge in [0.25, 0.3) is 0 Å². The van der Waals surface area contributed by atoms with Crippen LogP contribution in [-0.2, 0) is 17.9 Å². The van der Waals surface area contributed by atoms with Gasteiger partial charge in [-0.2, -0.15) is 0 Å². The van der Waals surface area contributed by atoms with Gasteiger partial charge in [0.1, 0.15) is 12.4 Å². The summed E-state index contributed by atoms with van der Waals surface area (Å²) < 4.78 is 7.63. The Morgan fingerprint density at radius 1 is 1.19 bits per heavy atom. The van der Waals surface area contributed by atoms with Crippen LogP contribution in [0.5, 0.6) is 5.75 Å². The number of aromatic nitrogens is 3. The maximum absolute atomic E-state index is 11.1. The molecule has 0 aliphatic carbocycles. The zero-order chi connectivity index (χ0) is 19.2. The lowest BCUT2D eigenvalue weighted by Crippen LogP contribution is -2.31. The second-order valence-electron chi connectivity index (χ2n) is 5.79. The van der Waals surface area contributed by atoms with Crippen molar-refractivity contribution in [3.05, 3.63) is 71.0 Å². The summed E-state index contributed by atoms with van der Waals surface area (Å²) in [5.41, 5.74) is 1.05. The monoisotopic (exact) mass is 402 g/mol. The molecule has 8 heteroatoms. The van der Waals surface area contributed by atoms with Gasteiger partial charge in [-0.05, 0) is 36.8 Å². The van der Waals surface area contributed by atoms with Gasteiger partial charge in [-0.15, -0.1) is 10.2 Å². The highest BCUT2D eigenvalue weighted by Crippen LogP contribution is 2.24. The maximum atomic E-state index is 11.1. The zero-order valence-corrected chi connectivity index (χ0v) is 16.1. The first kappa shape index (κ1) is 19.3. The highest BCUT2D eigenvalue weighted by molar-refractivity contribution is 8.00. The zero-order valence-electron chi connectivity index (χ0n) is 14.5. The molecule has 0 saturated carbocycles. The number of hydrogen-bond donors (Lipinski definition) is 0. The molecule has 1 aromatic heterocycles. The first-order valence-corrected chi connectivity index (χ1v) is 9.50. The lowest BCUT2D eigenvalue weighted by atomic mass is 10.2. The minimum atomic E-state index is -1.15. The van der Waals surface area contributed by atoms with Crippen molar-refractivity contribution in [2.75, 3.05) is 0 Å². The highest BCUT2D eigenvalue weighted by Gasteiger charge is 2.17. The summed E-state index contributed by atoms with van der Waals surface area (Å²) in [6.45, 7) is 2.27. The van der Waals surface area contributed by atoms with Gasteiger partial charge in [0, 0.05) is 10.3 Å². The van der Waals surface area contributed by atoms with E-state index in [9.17, 15) is 9.90 Å². The molecule has 0 fully saturated rings. The number of carbonyl (C=O) groups is 1. The summed E-state index contributed by atoms with van der Waals surface area (Å²) in [5.74, 6) is 0.112. The van der Waals surface area contributed by atoms with Crippen molar-refractivity contribution in [3.8, 4) is 5.75 Å². The van der Waals surface area contributed by atoms with Crippen LogP contribution >= 0.6 is 23.4 Å². The SMILES string of the molecule is C[C@@H](Sc1nnc(COc2ccc(Cl)cc2)n1Cc1ccccc1)C(=O)[O-]. The molecule has 0 N–H and O–H groups in total. The van der Waals surface area contributed by atoms with Crippen LogP contribution in [0, 0.1) is 0 Å². The smallest absolute Gasteiger partial charge is 0.192 e. The van der Waals surface area contributed by atoms with E-state index in [2.05, 4.69) is 10.2 Å². The third-order valence-corrected chi connectivity index (χ3v) is 5.08. The average molecular weight is 403 g/mol. The Morgan fingerprint density at radius 3 is 2.56 bits per heavy atom. The number of halogens is 1. The lowest BCUT2D eigenvalue weighted by Gasteiger charge is -2.14. The third kappa shape index (κ3) is 5.24. The van der Waals surface area contributed by atoms with Crippen molar-refractivity contribution < 1.29 is 14.6 Å². The number of ether oxygens (including phenoxy) is 1. The van der Waals surface area contributed by atoms with Crippen LogP contribution in [0.15, 0.2) is 59.8 Å². The van der Waals surface area contributed by atoms with E-state index >= 15 is 0 Å². The molecular formula is C19H17ClN3O3S-. The Balaban J connectivity index is 1.82. The molecule has 2 aromatic carbocycles. The number of carbonyl (C=O) groups excluding carboxylic acids is 1. The predicted molar refractivity (Wildman–Crippen MR) is 102 cm³/mol. The molecule has 0 saturated heterocycles. The standard InChI is InChI=1S/C19H18ClN3O3S/c1-13(18(24)25)27-19-22-21-17(12-26-16-9-7-15(20)8-10-16)23(19)11-14-5-3-2-4-6-14/h2-10,13H,11-12H2,1H3,(H,24,25)/p-1/t13-/m1/s1. The summed E-state index contributed by atoms with van der Waals surface area (Å²) >= 11 is 6.98. The van der Waals surface area contributed by atoms with E-state index in [1.165, 1.54) is 0 Å². The fraction of sp³-hybridized carbons (Fsp3) is 0.211. The van der Waals surface area contributed by atoms with Gasteiger partial charge in [0.2, 0.25) is 0 Å². The molecule has 0 aliphatic heterocycles. The van der Waals surface area contributed by atoms with E-state index < -0.39 is 11.2 Å². The molecule has 0 amide bonds. The van der Waals surface area contributed by atoms with E-state index in [1.807, 2.05) is 34.9 Å². The molecule has 3 rings (SSSR count). The van der Waals surface area contributed by atoms with Crippen molar-refractivity contribution in [3.63, 3.8) is 0 Å². The molecular weight excluding hydrogens is 386 g/mol. The van der Waals surface area contributed by atoms with E-state index in [0.717, 1.165) is 17.3 Å². The van der Waals surface area contributed by atoms with Gasteiger partial charge in [0.05, 0.1) is 12.5 Å². The second-order valence-corrected chi connectivity index (χ2v) is 7.54. The summed E-state index contributed by atoms with van der Waals surface area (Å²) in [7, 11) is 0. The average Bonchev–Trinajstić information content (AvgIpc) is 3.03. The number of carboxylic acid groups (broad SMARTS) is 1. The predicted octanol–water partition coefficient (Wildman–Crippen LogP) is 2.79. The Hall–Kier alpha value is -2.51. The van der Waals surface area contributed by atoms with Crippen LogP contribution in [0.25, 0.3) is 0 Å². The van der Waals surface area contributed by atoms with Crippen molar-refractivity contribution in [1.82, 2.24) is 14.8 Å². The van der Waals surface area contributed by atoms with Crippen molar-refractivity contribution in [2.24, 2.45) is 0 Å². The molecule has 0 aliphatic rings. The van der Waals surface area contributed by atoms with Gasteiger partial charge in [-0.25, -0.2) is 0 Å². The molecule has 6 nitrogen and oxygen atoms in total. The molecule has 0 bridgehead atoms. The van der Waals surface area contributed by atoms with Crippen LogP contribution in [0.3, 0.4) is 0 Å². The van der Waals surface area contributed by atoms with Crippen molar-refractivity contribution in [1.29, 1.82) is 0 Å². The third-order valence-electron chi connectivity index (χ3n) is 3.77. The molecule has 3 aromatic rings. The van der Waals surface area contributed by atoms with E-state index in [4.69, 9.17) is 16.3 Å². The van der Waals surface area contributed by atoms with Crippen LogP contribution in [0.2, 0.25) is 5.02 Å². The molecule has 27 heavy (non-hydrogen) atoms. The van der Waals surface area contributed by atoms with Gasteiger partial charge < -0.3 is 14.6 Å². The Morgan fingerprint density at radius 2 is 1.89 bits per heavy atom. The van der Waals surface area contributed by atoms with Gasteiger partial charge in [-0.3, -0.25) is 4.57 Å². The number of nitrogens with zero attached hydrogens (tertiary/aromatic N) is 3. The Bertz CT molecular complexity index is 900. The number of aliphatic carboxylic acids is 1. The van der Waals surface area contributed by atoms with Crippen LogP contribution < -0.4 is 9.84 Å². The molecule has 1 heterocycles. The van der Waals surface area contributed by atoms with Crippen LogP contribution in [-0.4, -0.2) is 26.0 Å². The number of benzene rings is 2. The summed E-state index contributed by atoms with van der Waals surface area (Å²) in [6.07, 6.45) is 0. The number of rotatable bonds is 8. The summed E-state index contributed by atoms with van der Waals surface area (Å²) in [5, 5.41) is 19.8. The minimum Gasteiger partial charge on any atom is -0.549 e. The van der Waals surface area contributed by atoms with Crippen LogP contribution in [0.1, 0.15) is 18.3 Å². The second kappa shape index (κ2) is 8.92. The fourth-order valence-electron chi connectivity index (χ4n) is 2.32. The lowest BCUT2D eigenvalue weighted by molar-refractivity contribution is -0.304. The van der Waals surface area contributed by atoms with Crippen molar-refractivity contribution >= 4 is 29.3 Å². The number of hydrogen-bond acceptors (Lipinski definition) is 6. The molecule has 140 valence electrons. The number of carboxylic acids is 1. The Kier molecular flexibility index (Phi) is 6.36. The summed E-state index contributed by atoms with van der Waals surface area (Å²) in [6, 6.07) is 16.8. The number of thioether (sulfide) groups is 1. The van der Waals surface area contributed by atoms with E-state index in [1.54, 1.807) is 31.2 Å². The van der Waals surface area contributed by atoms with Gasteiger partial charge >= 0.3 is 0 Å². The Labute approximate surface area is 166 Å². The van der Waals surface area contributed by atoms with E-state index in [-0.39, 0.29) is 6.61 Å². The van der Waals surface area contributed by atoms with Gasteiger partial charge in [-0.1, -0.05) is 53.7 Å². The molecule has 1 atom stereocenters. The first-order chi connectivity index (χ1) is 13.0. The highest BCUT2D eigenvalue weighted by atomic mass is 35.5. The normalized spacial score (nSPS) is 11.9. The molecule has 0 radical (unpaired) electrons. The fourth-order valence-corrected chi connectivity index (χ4v) is 3.25. The van der Waals surface area contributed by atoms with E-state index in [0.29, 0.717) is 28.3 Å². The van der Waals surface area contributed by atoms with Crippen LogP contribution in [0.4, 0.5) is 0 Å². The largest absolute Gasteiger partial charge is 0.549 e.